The van der Waals surface area contributed by atoms with E-state index in [9.17, 15) is 4.79 Å². The summed E-state index contributed by atoms with van der Waals surface area (Å²) >= 11 is 3.35. The third-order valence-electron chi connectivity index (χ3n) is 3.44. The van der Waals surface area contributed by atoms with E-state index in [0.717, 1.165) is 12.8 Å². The number of halogens is 1. The fraction of sp³-hybridized carbons (Fsp3) is 0.545. The highest BCUT2D eigenvalue weighted by Crippen LogP contribution is 2.29. The van der Waals surface area contributed by atoms with Gasteiger partial charge in [0.1, 0.15) is 0 Å². The van der Waals surface area contributed by atoms with Gasteiger partial charge in [-0.1, -0.05) is 0 Å². The molecule has 1 saturated heterocycles. The third-order valence-corrected chi connectivity index (χ3v) is 4.00. The van der Waals surface area contributed by atoms with E-state index in [2.05, 4.69) is 30.9 Å². The molecule has 2 aromatic heterocycles. The molecule has 8 nitrogen and oxygen atoms in total. The summed E-state index contributed by atoms with van der Waals surface area (Å²) in [5.41, 5.74) is 5.91. The molecule has 9 heteroatoms. The van der Waals surface area contributed by atoms with Gasteiger partial charge in [0.25, 0.3) is 5.56 Å². The van der Waals surface area contributed by atoms with Crippen molar-refractivity contribution in [3.63, 3.8) is 0 Å². The molecule has 2 unspecified atom stereocenters. The van der Waals surface area contributed by atoms with Gasteiger partial charge in [0.05, 0.1) is 25.4 Å². The molecule has 2 aromatic rings. The monoisotopic (exact) mass is 343 g/mol. The molecule has 3 rings (SSSR count). The number of aromatic amines is 1. The number of hydrogen-bond donors (Lipinski definition) is 3. The van der Waals surface area contributed by atoms with E-state index in [-0.39, 0.29) is 35.8 Å². The van der Waals surface area contributed by atoms with Crippen molar-refractivity contribution >= 4 is 33.0 Å². The first-order valence-electron chi connectivity index (χ1n) is 6.26. The average Bonchev–Trinajstić information content (AvgIpc) is 2.76. The number of aromatic nitrogens is 4. The van der Waals surface area contributed by atoms with E-state index in [1.807, 2.05) is 4.57 Å². The Morgan fingerprint density at radius 1 is 1.50 bits per heavy atom. The van der Waals surface area contributed by atoms with Gasteiger partial charge in [-0.15, -0.1) is 0 Å². The van der Waals surface area contributed by atoms with Crippen LogP contribution in [-0.4, -0.2) is 43.9 Å². The molecule has 108 valence electrons. The van der Waals surface area contributed by atoms with Crippen LogP contribution in [0.1, 0.15) is 18.9 Å². The highest BCUT2D eigenvalue weighted by Gasteiger charge is 2.26. The molecule has 20 heavy (non-hydrogen) atoms. The van der Waals surface area contributed by atoms with Crippen molar-refractivity contribution in [1.82, 2.24) is 19.5 Å². The molecule has 0 saturated carbocycles. The Kier molecular flexibility index (Phi) is 3.48. The van der Waals surface area contributed by atoms with Gasteiger partial charge in [-0.2, -0.15) is 4.98 Å². The molecule has 1 aliphatic rings. The summed E-state index contributed by atoms with van der Waals surface area (Å²) in [6.45, 7) is 0.451. The van der Waals surface area contributed by atoms with Crippen LogP contribution in [0.5, 0.6) is 0 Å². The highest BCUT2D eigenvalue weighted by molar-refractivity contribution is 9.10. The minimum absolute atomic E-state index is 0.00544. The fourth-order valence-electron chi connectivity index (χ4n) is 2.44. The quantitative estimate of drug-likeness (QED) is 0.669. The second kappa shape index (κ2) is 5.15. The number of anilines is 1. The molecule has 0 radical (unpaired) electrons. The van der Waals surface area contributed by atoms with E-state index in [1.54, 1.807) is 0 Å². The molecule has 0 aliphatic carbocycles. The van der Waals surface area contributed by atoms with Gasteiger partial charge < -0.3 is 15.6 Å². The number of ether oxygens (including phenoxy) is 1. The van der Waals surface area contributed by atoms with Gasteiger partial charge in [-0.3, -0.25) is 14.3 Å². The molecule has 2 atom stereocenters. The number of imidazole rings is 1. The van der Waals surface area contributed by atoms with Crippen LogP contribution in [0.25, 0.3) is 11.2 Å². The first-order chi connectivity index (χ1) is 9.60. The highest BCUT2D eigenvalue weighted by atomic mass is 79.9. The Morgan fingerprint density at radius 2 is 2.30 bits per heavy atom. The Hall–Kier alpha value is -1.45. The van der Waals surface area contributed by atoms with Crippen LogP contribution < -0.4 is 11.3 Å². The van der Waals surface area contributed by atoms with Gasteiger partial charge >= 0.3 is 0 Å². The van der Waals surface area contributed by atoms with Crippen LogP contribution in [0.2, 0.25) is 0 Å². The van der Waals surface area contributed by atoms with Crippen LogP contribution >= 0.6 is 15.9 Å². The first-order valence-corrected chi connectivity index (χ1v) is 7.05. The maximum Gasteiger partial charge on any atom is 0.280 e. The van der Waals surface area contributed by atoms with E-state index in [1.165, 1.54) is 0 Å². The predicted octanol–water partition coefficient (Wildman–Crippen LogP) is 0.177. The number of nitrogens with two attached hydrogens (primary N) is 1. The Balaban J connectivity index is 2.03. The number of fused-ring (bicyclic) bond motifs is 1. The molecule has 0 bridgehead atoms. The van der Waals surface area contributed by atoms with Gasteiger partial charge in [0.2, 0.25) is 5.95 Å². The van der Waals surface area contributed by atoms with Crippen LogP contribution in [0.4, 0.5) is 5.95 Å². The lowest BCUT2D eigenvalue weighted by Gasteiger charge is -2.29. The number of nitrogens with zero attached hydrogens (tertiary/aromatic N) is 3. The van der Waals surface area contributed by atoms with E-state index < -0.39 is 0 Å². The van der Waals surface area contributed by atoms with Crippen molar-refractivity contribution < 1.29 is 9.84 Å². The minimum atomic E-state index is -0.364. The number of aliphatic hydroxyl groups excluding tert-OH is 1. The van der Waals surface area contributed by atoms with Crippen LogP contribution in [-0.2, 0) is 4.74 Å². The zero-order valence-electron chi connectivity index (χ0n) is 10.5. The summed E-state index contributed by atoms with van der Waals surface area (Å²) in [6.07, 6.45) is 1.43. The van der Waals surface area contributed by atoms with Gasteiger partial charge in [0, 0.05) is 0 Å². The second-order valence-corrected chi connectivity index (χ2v) is 5.45. The van der Waals surface area contributed by atoms with Gasteiger partial charge in [-0.05, 0) is 28.8 Å². The van der Waals surface area contributed by atoms with Crippen LogP contribution in [0.15, 0.2) is 9.53 Å². The average molecular weight is 344 g/mol. The summed E-state index contributed by atoms with van der Waals surface area (Å²) in [7, 11) is 0. The number of hydrogen-bond acceptors (Lipinski definition) is 6. The number of aliphatic hydroxyl groups is 1. The van der Waals surface area contributed by atoms with Crippen molar-refractivity contribution in [2.24, 2.45) is 0 Å². The normalized spacial score (nSPS) is 23.3. The van der Waals surface area contributed by atoms with Crippen LogP contribution in [0, 0.1) is 0 Å². The smallest absolute Gasteiger partial charge is 0.280 e. The summed E-state index contributed by atoms with van der Waals surface area (Å²) in [5, 5.41) is 9.08. The maximum absolute atomic E-state index is 11.8. The lowest BCUT2D eigenvalue weighted by atomic mass is 10.1. The van der Waals surface area contributed by atoms with E-state index in [0.29, 0.717) is 17.0 Å². The lowest BCUT2D eigenvalue weighted by Crippen LogP contribution is -2.30. The fourth-order valence-corrected chi connectivity index (χ4v) is 3.07. The molecule has 0 aromatic carbocycles. The molecule has 1 fully saturated rings. The predicted molar refractivity (Wildman–Crippen MR) is 75.4 cm³/mol. The SMILES string of the molecule is Nc1nc2c(nc(Br)n2C2CCC(CO)OC2)c(=O)[nH]1. The summed E-state index contributed by atoms with van der Waals surface area (Å²) in [5.74, 6) is 0.0566. The molecule has 0 amide bonds. The molecule has 0 spiro atoms. The van der Waals surface area contributed by atoms with Crippen LogP contribution in [0.3, 0.4) is 0 Å². The Bertz CT molecular complexity index is 689. The van der Waals surface area contributed by atoms with E-state index >= 15 is 0 Å². The van der Waals surface area contributed by atoms with Gasteiger partial charge in [0.15, 0.2) is 15.9 Å². The summed E-state index contributed by atoms with van der Waals surface area (Å²) in [4.78, 5) is 22.6. The second-order valence-electron chi connectivity index (χ2n) is 4.74. The van der Waals surface area contributed by atoms with Crippen molar-refractivity contribution in [3.8, 4) is 0 Å². The Morgan fingerprint density at radius 3 is 2.95 bits per heavy atom. The standard InChI is InChI=1S/C11H14BrN5O3/c12-10-14-7-8(15-11(13)16-9(7)19)17(10)5-1-2-6(3-18)20-4-5/h5-6,18H,1-4H2,(H3,13,15,16,19). The van der Waals surface area contributed by atoms with Crippen molar-refractivity contribution in [1.29, 1.82) is 0 Å². The summed E-state index contributed by atoms with van der Waals surface area (Å²) < 4.78 is 7.90. The summed E-state index contributed by atoms with van der Waals surface area (Å²) in [6, 6.07) is 0.00544. The molecule has 4 N–H and O–H groups in total. The lowest BCUT2D eigenvalue weighted by molar-refractivity contribution is -0.0387. The number of H-pyrrole nitrogens is 1. The number of nitrogen functional groups attached to an aromatic ring is 1. The zero-order chi connectivity index (χ0) is 14.3. The molecule has 3 heterocycles. The molecular formula is C11H14BrN5O3. The molecular weight excluding hydrogens is 330 g/mol. The first kappa shape index (κ1) is 13.5. The minimum Gasteiger partial charge on any atom is -0.394 e. The van der Waals surface area contributed by atoms with E-state index in [4.69, 9.17) is 15.6 Å². The maximum atomic E-state index is 11.8. The van der Waals surface area contributed by atoms with Crippen molar-refractivity contribution in [3.05, 3.63) is 15.1 Å². The van der Waals surface area contributed by atoms with Crippen molar-refractivity contribution in [2.75, 3.05) is 18.9 Å². The van der Waals surface area contributed by atoms with Gasteiger partial charge in [-0.25, -0.2) is 4.98 Å². The Labute approximate surface area is 122 Å². The topological polar surface area (TPSA) is 119 Å². The number of nitrogens with one attached hydrogen (secondary N) is 1. The number of rotatable bonds is 2. The zero-order valence-corrected chi connectivity index (χ0v) is 12.1. The largest absolute Gasteiger partial charge is 0.394 e. The third kappa shape index (κ3) is 2.21. The van der Waals surface area contributed by atoms with Crippen molar-refractivity contribution in [2.45, 2.75) is 25.0 Å². The molecule has 1 aliphatic heterocycles.